The molecule has 1 amide bonds. The summed E-state index contributed by atoms with van der Waals surface area (Å²) in [5.41, 5.74) is 2.03. The summed E-state index contributed by atoms with van der Waals surface area (Å²) in [5.74, 6) is 0.634. The Balaban J connectivity index is 1.40. The smallest absolute Gasteiger partial charge is 0.227 e. The molecule has 6 heteroatoms. The van der Waals surface area contributed by atoms with Crippen molar-refractivity contribution in [2.45, 2.75) is 13.0 Å². The van der Waals surface area contributed by atoms with E-state index in [9.17, 15) is 4.79 Å². The largest absolute Gasteiger partial charge is 0.493 e. The Labute approximate surface area is 158 Å². The molecule has 0 atom stereocenters. The number of benzene rings is 2. The van der Waals surface area contributed by atoms with E-state index in [0.717, 1.165) is 38.5 Å². The lowest BCUT2D eigenvalue weighted by molar-refractivity contribution is -0.116. The lowest BCUT2D eigenvalue weighted by Crippen LogP contribution is -2.35. The van der Waals surface area contributed by atoms with Gasteiger partial charge in [0.25, 0.3) is 0 Å². The van der Waals surface area contributed by atoms with E-state index in [1.54, 1.807) is 24.3 Å². The van der Waals surface area contributed by atoms with Crippen LogP contribution in [0.5, 0.6) is 5.75 Å². The van der Waals surface area contributed by atoms with Crippen molar-refractivity contribution in [2.24, 2.45) is 0 Å². The maximum Gasteiger partial charge on any atom is 0.227 e. The Morgan fingerprint density at radius 3 is 2.46 bits per heavy atom. The molecule has 2 aromatic carbocycles. The number of nitrogens with one attached hydrogen (secondary N) is 1. The molecule has 2 aromatic rings. The van der Waals surface area contributed by atoms with Crippen LogP contribution in [-0.4, -0.2) is 43.7 Å². The molecule has 1 saturated heterocycles. The van der Waals surface area contributed by atoms with Gasteiger partial charge in [0, 0.05) is 30.3 Å². The van der Waals surface area contributed by atoms with Crippen LogP contribution in [0.2, 0.25) is 5.02 Å². The van der Waals surface area contributed by atoms with Crippen LogP contribution < -0.4 is 10.1 Å². The second-order valence-electron chi connectivity index (χ2n) is 6.19. The quantitative estimate of drug-likeness (QED) is 0.804. The van der Waals surface area contributed by atoms with Crippen molar-refractivity contribution in [3.8, 4) is 5.75 Å². The summed E-state index contributed by atoms with van der Waals surface area (Å²) in [6.45, 7) is 4.76. The fourth-order valence-corrected chi connectivity index (χ4v) is 2.85. The summed E-state index contributed by atoms with van der Waals surface area (Å²) in [7, 11) is 0. The predicted octanol–water partition coefficient (Wildman–Crippen LogP) is 3.58. The molecule has 0 unspecified atom stereocenters. The Bertz CT molecular complexity index is 698. The average Bonchev–Trinajstić information content (AvgIpc) is 2.66. The van der Waals surface area contributed by atoms with Crippen molar-refractivity contribution in [3.63, 3.8) is 0 Å². The maximum atomic E-state index is 12.0. The van der Waals surface area contributed by atoms with E-state index in [2.05, 4.69) is 22.3 Å². The van der Waals surface area contributed by atoms with E-state index in [1.165, 1.54) is 5.56 Å². The molecular formula is C20H23ClN2O3. The maximum absolute atomic E-state index is 12.0. The number of carbonyl (C=O) groups excluding carboxylic acids is 1. The molecule has 0 saturated carbocycles. The lowest BCUT2D eigenvalue weighted by atomic mass is 10.2. The first-order valence-electron chi connectivity index (χ1n) is 8.76. The average molecular weight is 375 g/mol. The van der Waals surface area contributed by atoms with Crippen LogP contribution in [0.25, 0.3) is 0 Å². The molecule has 138 valence electrons. The van der Waals surface area contributed by atoms with Gasteiger partial charge in [-0.3, -0.25) is 9.69 Å². The zero-order valence-corrected chi connectivity index (χ0v) is 15.4. The predicted molar refractivity (Wildman–Crippen MR) is 103 cm³/mol. The number of rotatable bonds is 7. The molecule has 1 fully saturated rings. The molecule has 0 aliphatic carbocycles. The summed E-state index contributed by atoms with van der Waals surface area (Å²) in [5, 5.41) is 3.55. The molecule has 1 aliphatic heterocycles. The fourth-order valence-electron chi connectivity index (χ4n) is 2.73. The number of amides is 1. The minimum atomic E-state index is -0.0695. The van der Waals surface area contributed by atoms with Gasteiger partial charge in [0.05, 0.1) is 26.2 Å². The highest BCUT2D eigenvalue weighted by Crippen LogP contribution is 2.16. The van der Waals surface area contributed by atoms with Crippen molar-refractivity contribution >= 4 is 23.2 Å². The molecule has 0 bridgehead atoms. The molecule has 1 N–H and O–H groups in total. The molecular weight excluding hydrogens is 352 g/mol. The number of carbonyl (C=O) groups is 1. The highest BCUT2D eigenvalue weighted by atomic mass is 35.5. The van der Waals surface area contributed by atoms with Crippen molar-refractivity contribution in [1.29, 1.82) is 0 Å². The standard InChI is InChI=1S/C20H23ClN2O3/c21-17-3-7-19(8-4-17)26-12-9-20(24)22-18-5-1-16(2-6-18)15-23-10-13-25-14-11-23/h1-8H,9-15H2,(H,22,24). The van der Waals surface area contributed by atoms with E-state index < -0.39 is 0 Å². The molecule has 3 rings (SSSR count). The molecule has 5 nitrogen and oxygen atoms in total. The van der Waals surface area contributed by atoms with Gasteiger partial charge in [-0.15, -0.1) is 0 Å². The SMILES string of the molecule is O=C(CCOc1ccc(Cl)cc1)Nc1ccc(CN2CCOCC2)cc1. The number of ether oxygens (including phenoxy) is 2. The van der Waals surface area contributed by atoms with Crippen molar-refractivity contribution in [2.75, 3.05) is 38.2 Å². The van der Waals surface area contributed by atoms with Gasteiger partial charge in [-0.1, -0.05) is 23.7 Å². The van der Waals surface area contributed by atoms with E-state index in [0.29, 0.717) is 17.4 Å². The van der Waals surface area contributed by atoms with E-state index >= 15 is 0 Å². The zero-order chi connectivity index (χ0) is 18.2. The highest BCUT2D eigenvalue weighted by molar-refractivity contribution is 6.30. The second kappa shape index (κ2) is 9.57. The number of hydrogen-bond donors (Lipinski definition) is 1. The lowest BCUT2D eigenvalue weighted by Gasteiger charge is -2.26. The first-order chi connectivity index (χ1) is 12.7. The van der Waals surface area contributed by atoms with E-state index in [-0.39, 0.29) is 12.3 Å². The van der Waals surface area contributed by atoms with Crippen LogP contribution in [0.4, 0.5) is 5.69 Å². The zero-order valence-electron chi connectivity index (χ0n) is 14.6. The summed E-state index contributed by atoms with van der Waals surface area (Å²) in [6.07, 6.45) is 0.290. The van der Waals surface area contributed by atoms with Crippen molar-refractivity contribution < 1.29 is 14.3 Å². The number of halogens is 1. The van der Waals surface area contributed by atoms with Crippen LogP contribution in [0, 0.1) is 0 Å². The summed E-state index contributed by atoms with van der Waals surface area (Å²) in [4.78, 5) is 14.4. The number of anilines is 1. The third kappa shape index (κ3) is 6.02. The Morgan fingerprint density at radius 1 is 1.08 bits per heavy atom. The fraction of sp³-hybridized carbons (Fsp3) is 0.350. The molecule has 1 heterocycles. The van der Waals surface area contributed by atoms with E-state index in [1.807, 2.05) is 12.1 Å². The molecule has 0 spiro atoms. The summed E-state index contributed by atoms with van der Waals surface area (Å²) in [6, 6.07) is 15.1. The van der Waals surface area contributed by atoms with Gasteiger partial charge in [-0.05, 0) is 42.0 Å². The van der Waals surface area contributed by atoms with Crippen LogP contribution in [-0.2, 0) is 16.1 Å². The monoisotopic (exact) mass is 374 g/mol. The van der Waals surface area contributed by atoms with Crippen LogP contribution in [0.1, 0.15) is 12.0 Å². The second-order valence-corrected chi connectivity index (χ2v) is 6.62. The van der Waals surface area contributed by atoms with Gasteiger partial charge in [0.1, 0.15) is 5.75 Å². The summed E-state index contributed by atoms with van der Waals surface area (Å²) >= 11 is 5.82. The van der Waals surface area contributed by atoms with Crippen molar-refractivity contribution in [1.82, 2.24) is 4.90 Å². The van der Waals surface area contributed by atoms with Gasteiger partial charge in [0.15, 0.2) is 0 Å². The van der Waals surface area contributed by atoms with Gasteiger partial charge in [0.2, 0.25) is 5.91 Å². The first-order valence-corrected chi connectivity index (χ1v) is 9.14. The van der Waals surface area contributed by atoms with Gasteiger partial charge in [-0.2, -0.15) is 0 Å². The summed E-state index contributed by atoms with van der Waals surface area (Å²) < 4.78 is 10.9. The minimum Gasteiger partial charge on any atom is -0.493 e. The Morgan fingerprint density at radius 2 is 1.77 bits per heavy atom. The first kappa shape index (κ1) is 18.7. The van der Waals surface area contributed by atoms with Crippen LogP contribution in [0.15, 0.2) is 48.5 Å². The topological polar surface area (TPSA) is 50.8 Å². The van der Waals surface area contributed by atoms with Gasteiger partial charge >= 0.3 is 0 Å². The number of morpholine rings is 1. The van der Waals surface area contributed by atoms with Gasteiger partial charge in [-0.25, -0.2) is 0 Å². The Kier molecular flexibility index (Phi) is 6.89. The van der Waals surface area contributed by atoms with Gasteiger partial charge < -0.3 is 14.8 Å². The number of nitrogens with zero attached hydrogens (tertiary/aromatic N) is 1. The molecule has 1 aliphatic rings. The van der Waals surface area contributed by atoms with E-state index in [4.69, 9.17) is 21.1 Å². The minimum absolute atomic E-state index is 0.0695. The third-order valence-corrected chi connectivity index (χ3v) is 4.41. The number of hydrogen-bond acceptors (Lipinski definition) is 4. The van der Waals surface area contributed by atoms with Crippen LogP contribution >= 0.6 is 11.6 Å². The molecule has 0 aromatic heterocycles. The normalized spacial score (nSPS) is 14.8. The highest BCUT2D eigenvalue weighted by Gasteiger charge is 2.10. The third-order valence-electron chi connectivity index (χ3n) is 4.16. The van der Waals surface area contributed by atoms with Crippen LogP contribution in [0.3, 0.4) is 0 Å². The molecule has 0 radical (unpaired) electrons. The molecule has 26 heavy (non-hydrogen) atoms. The van der Waals surface area contributed by atoms with Crippen molar-refractivity contribution in [3.05, 3.63) is 59.1 Å². The Hall–Kier alpha value is -2.08.